The van der Waals surface area contributed by atoms with Crippen LogP contribution in [-0.4, -0.2) is 16.3 Å². The van der Waals surface area contributed by atoms with Crippen molar-refractivity contribution in [1.29, 1.82) is 0 Å². The van der Waals surface area contributed by atoms with Gasteiger partial charge < -0.3 is 5.73 Å². The van der Waals surface area contributed by atoms with Crippen molar-refractivity contribution >= 4 is 0 Å². The fraction of sp³-hybridized carbons (Fsp3) is 0.357. The Labute approximate surface area is 102 Å². The van der Waals surface area contributed by atoms with Gasteiger partial charge in [-0.2, -0.15) is 5.10 Å². The molecule has 0 aliphatic rings. The van der Waals surface area contributed by atoms with Gasteiger partial charge in [-0.15, -0.1) is 0 Å². The van der Waals surface area contributed by atoms with E-state index in [-0.39, 0.29) is 0 Å². The fourth-order valence-electron chi connectivity index (χ4n) is 1.93. The summed E-state index contributed by atoms with van der Waals surface area (Å²) in [6.45, 7) is 3.69. The Bertz CT molecular complexity index is 474. The van der Waals surface area contributed by atoms with Gasteiger partial charge >= 0.3 is 0 Å². The number of nitrogens with two attached hydrogens (primary N) is 1. The minimum atomic E-state index is 0.739. The minimum Gasteiger partial charge on any atom is -0.330 e. The summed E-state index contributed by atoms with van der Waals surface area (Å²) in [5, 5.41) is 4.37. The van der Waals surface area contributed by atoms with Gasteiger partial charge in [-0.05, 0) is 37.4 Å². The number of aromatic nitrogens is 2. The Morgan fingerprint density at radius 1 is 1.29 bits per heavy atom. The van der Waals surface area contributed by atoms with Crippen LogP contribution in [0.1, 0.15) is 23.1 Å². The molecule has 0 spiro atoms. The molecule has 0 saturated carbocycles. The van der Waals surface area contributed by atoms with Crippen LogP contribution < -0.4 is 5.73 Å². The van der Waals surface area contributed by atoms with Crippen molar-refractivity contribution < 1.29 is 0 Å². The molecule has 0 fully saturated rings. The third kappa shape index (κ3) is 3.43. The Morgan fingerprint density at radius 2 is 2.18 bits per heavy atom. The number of rotatable bonds is 5. The van der Waals surface area contributed by atoms with Crippen LogP contribution in [0.4, 0.5) is 0 Å². The molecule has 0 aliphatic carbocycles. The molecule has 0 radical (unpaired) electrons. The van der Waals surface area contributed by atoms with Crippen LogP contribution >= 0.6 is 0 Å². The predicted octanol–water partition coefficient (Wildman–Crippen LogP) is 2.13. The molecule has 90 valence electrons. The monoisotopic (exact) mass is 229 g/mol. The molecule has 0 unspecified atom stereocenters. The molecule has 1 heterocycles. The zero-order valence-corrected chi connectivity index (χ0v) is 10.3. The number of hydrogen-bond acceptors (Lipinski definition) is 2. The fourth-order valence-corrected chi connectivity index (χ4v) is 1.93. The van der Waals surface area contributed by atoms with E-state index >= 15 is 0 Å². The van der Waals surface area contributed by atoms with E-state index in [1.807, 2.05) is 10.9 Å². The van der Waals surface area contributed by atoms with Gasteiger partial charge in [-0.3, -0.25) is 4.68 Å². The molecular formula is C14H19N3. The standard InChI is InChI=1S/C14H19N3/c1-12-4-2-5-13(8-12)10-17-11-14(9-16-17)6-3-7-15/h2,4-5,8-9,11H,3,6-7,10,15H2,1H3. The van der Waals surface area contributed by atoms with Crippen LogP contribution in [-0.2, 0) is 13.0 Å². The molecule has 0 atom stereocenters. The first kappa shape index (κ1) is 11.9. The Hall–Kier alpha value is -1.61. The molecule has 0 amide bonds. The second-order valence-corrected chi connectivity index (χ2v) is 4.43. The molecule has 0 saturated heterocycles. The van der Waals surface area contributed by atoms with Crippen LogP contribution in [0.25, 0.3) is 0 Å². The van der Waals surface area contributed by atoms with Crippen molar-refractivity contribution in [3.05, 3.63) is 53.3 Å². The Morgan fingerprint density at radius 3 is 2.94 bits per heavy atom. The molecule has 3 nitrogen and oxygen atoms in total. The first-order chi connectivity index (χ1) is 8.28. The lowest BCUT2D eigenvalue weighted by Crippen LogP contribution is -2.01. The largest absolute Gasteiger partial charge is 0.330 e. The summed E-state index contributed by atoms with van der Waals surface area (Å²) in [5.41, 5.74) is 9.34. The van der Waals surface area contributed by atoms with Crippen molar-refractivity contribution in [1.82, 2.24) is 9.78 Å². The van der Waals surface area contributed by atoms with Crippen LogP contribution in [0, 0.1) is 6.92 Å². The van der Waals surface area contributed by atoms with Gasteiger partial charge in [0.1, 0.15) is 0 Å². The molecule has 0 bridgehead atoms. The van der Waals surface area contributed by atoms with Crippen molar-refractivity contribution in [2.75, 3.05) is 6.54 Å². The lowest BCUT2D eigenvalue weighted by molar-refractivity contribution is 0.685. The SMILES string of the molecule is Cc1cccc(Cn2cc(CCCN)cn2)c1. The van der Waals surface area contributed by atoms with Crippen molar-refractivity contribution in [3.8, 4) is 0 Å². The zero-order valence-electron chi connectivity index (χ0n) is 10.3. The second kappa shape index (κ2) is 5.64. The van der Waals surface area contributed by atoms with E-state index in [4.69, 9.17) is 5.73 Å². The average molecular weight is 229 g/mol. The average Bonchev–Trinajstić information content (AvgIpc) is 2.74. The maximum Gasteiger partial charge on any atom is 0.0659 e. The van der Waals surface area contributed by atoms with E-state index in [1.54, 1.807) is 0 Å². The third-order valence-electron chi connectivity index (χ3n) is 2.78. The summed E-state index contributed by atoms with van der Waals surface area (Å²) in [6, 6.07) is 8.53. The smallest absolute Gasteiger partial charge is 0.0659 e. The van der Waals surface area contributed by atoms with Gasteiger partial charge in [-0.25, -0.2) is 0 Å². The normalized spacial score (nSPS) is 10.7. The summed E-state index contributed by atoms with van der Waals surface area (Å²) < 4.78 is 1.99. The molecule has 2 aromatic rings. The van der Waals surface area contributed by atoms with Crippen molar-refractivity contribution in [2.45, 2.75) is 26.3 Å². The van der Waals surface area contributed by atoms with Gasteiger partial charge in [0.15, 0.2) is 0 Å². The number of nitrogens with zero attached hydrogens (tertiary/aromatic N) is 2. The molecule has 2 rings (SSSR count). The maximum absolute atomic E-state index is 5.50. The summed E-state index contributed by atoms with van der Waals surface area (Å²) in [4.78, 5) is 0. The van der Waals surface area contributed by atoms with Crippen LogP contribution in [0.2, 0.25) is 0 Å². The number of benzene rings is 1. The second-order valence-electron chi connectivity index (χ2n) is 4.43. The molecule has 1 aromatic carbocycles. The number of hydrogen-bond donors (Lipinski definition) is 1. The van der Waals surface area contributed by atoms with Crippen LogP contribution in [0.5, 0.6) is 0 Å². The highest BCUT2D eigenvalue weighted by atomic mass is 15.3. The summed E-state index contributed by atoms with van der Waals surface area (Å²) >= 11 is 0. The summed E-state index contributed by atoms with van der Waals surface area (Å²) in [7, 11) is 0. The van der Waals surface area contributed by atoms with E-state index in [2.05, 4.69) is 42.5 Å². The van der Waals surface area contributed by atoms with E-state index in [0.29, 0.717) is 0 Å². The van der Waals surface area contributed by atoms with Gasteiger partial charge in [0.2, 0.25) is 0 Å². The van der Waals surface area contributed by atoms with Crippen molar-refractivity contribution in [3.63, 3.8) is 0 Å². The molecule has 2 N–H and O–H groups in total. The molecule has 3 heteroatoms. The molecule has 1 aromatic heterocycles. The highest BCUT2D eigenvalue weighted by Crippen LogP contribution is 2.07. The minimum absolute atomic E-state index is 0.739. The van der Waals surface area contributed by atoms with Crippen LogP contribution in [0.3, 0.4) is 0 Å². The zero-order chi connectivity index (χ0) is 12.1. The highest BCUT2D eigenvalue weighted by Gasteiger charge is 1.99. The third-order valence-corrected chi connectivity index (χ3v) is 2.78. The van der Waals surface area contributed by atoms with Crippen LogP contribution in [0.15, 0.2) is 36.7 Å². The maximum atomic E-state index is 5.50. The van der Waals surface area contributed by atoms with E-state index in [1.165, 1.54) is 16.7 Å². The quantitative estimate of drug-likeness (QED) is 0.853. The first-order valence-corrected chi connectivity index (χ1v) is 6.05. The highest BCUT2D eigenvalue weighted by molar-refractivity contribution is 5.22. The van der Waals surface area contributed by atoms with Gasteiger partial charge in [0, 0.05) is 6.20 Å². The van der Waals surface area contributed by atoms with Gasteiger partial charge in [0.25, 0.3) is 0 Å². The van der Waals surface area contributed by atoms with E-state index < -0.39 is 0 Å². The van der Waals surface area contributed by atoms with E-state index in [0.717, 1.165) is 25.9 Å². The predicted molar refractivity (Wildman–Crippen MR) is 69.9 cm³/mol. The Kier molecular flexibility index (Phi) is 3.94. The van der Waals surface area contributed by atoms with Crippen molar-refractivity contribution in [2.24, 2.45) is 5.73 Å². The lowest BCUT2D eigenvalue weighted by Gasteiger charge is -2.02. The summed E-state index contributed by atoms with van der Waals surface area (Å²) in [6.07, 6.45) is 6.09. The van der Waals surface area contributed by atoms with E-state index in [9.17, 15) is 0 Å². The lowest BCUT2D eigenvalue weighted by atomic mass is 10.1. The van der Waals surface area contributed by atoms with Gasteiger partial charge in [-0.1, -0.05) is 29.8 Å². The molecular weight excluding hydrogens is 210 g/mol. The summed E-state index contributed by atoms with van der Waals surface area (Å²) in [5.74, 6) is 0. The molecule has 0 aliphatic heterocycles. The topological polar surface area (TPSA) is 43.8 Å². The Balaban J connectivity index is 2.01. The van der Waals surface area contributed by atoms with Gasteiger partial charge in [0.05, 0.1) is 12.7 Å². The first-order valence-electron chi connectivity index (χ1n) is 6.05. The number of aryl methyl sites for hydroxylation is 2. The molecule has 17 heavy (non-hydrogen) atoms.